The third-order valence-corrected chi connectivity index (χ3v) is 2.98. The van der Waals surface area contributed by atoms with E-state index in [1.165, 1.54) is 0 Å². The lowest BCUT2D eigenvalue weighted by atomic mass is 10.2. The van der Waals surface area contributed by atoms with Crippen LogP contribution >= 0.6 is 0 Å². The van der Waals surface area contributed by atoms with Crippen LogP contribution in [0.2, 0.25) is 0 Å². The molecule has 0 unspecified atom stereocenters. The molecule has 2 aromatic rings. The van der Waals surface area contributed by atoms with E-state index in [9.17, 15) is 0 Å². The minimum Gasteiger partial charge on any atom is -0.497 e. The van der Waals surface area contributed by atoms with Crippen molar-refractivity contribution in [2.24, 2.45) is 0 Å². The Morgan fingerprint density at radius 2 is 2.00 bits per heavy atom. The molecule has 19 heavy (non-hydrogen) atoms. The van der Waals surface area contributed by atoms with Gasteiger partial charge in [0.25, 0.3) is 0 Å². The van der Waals surface area contributed by atoms with Crippen molar-refractivity contribution in [1.82, 2.24) is 14.8 Å². The second-order valence-electron chi connectivity index (χ2n) is 4.42. The molecular weight excluding hydrogens is 240 g/mol. The molecule has 0 saturated carbocycles. The van der Waals surface area contributed by atoms with E-state index in [1.807, 2.05) is 22.9 Å². The lowest BCUT2D eigenvalue weighted by Gasteiger charge is -2.08. The zero-order valence-corrected chi connectivity index (χ0v) is 11.7. The molecule has 1 aromatic heterocycles. The highest BCUT2D eigenvalue weighted by atomic mass is 16.5. The average molecular weight is 260 g/mol. The molecule has 0 aliphatic rings. The number of benzene rings is 1. The van der Waals surface area contributed by atoms with Crippen molar-refractivity contribution in [2.75, 3.05) is 12.8 Å². The normalized spacial score (nSPS) is 10.7. The summed E-state index contributed by atoms with van der Waals surface area (Å²) in [5.41, 5.74) is 7.63. The van der Waals surface area contributed by atoms with Crippen LogP contribution in [0.3, 0.4) is 0 Å². The zero-order chi connectivity index (χ0) is 13.8. The summed E-state index contributed by atoms with van der Waals surface area (Å²) in [6.07, 6.45) is 1.71. The van der Waals surface area contributed by atoms with Gasteiger partial charge in [-0.15, -0.1) is 0 Å². The SMILES string of the molecule is CCc1nc(CC)n(Cc2cc(N)cc(OC)c2)n1. The van der Waals surface area contributed by atoms with Crippen LogP contribution in [0.5, 0.6) is 5.75 Å². The number of aryl methyl sites for hydroxylation is 2. The highest BCUT2D eigenvalue weighted by Gasteiger charge is 2.08. The van der Waals surface area contributed by atoms with Crippen molar-refractivity contribution in [3.05, 3.63) is 35.4 Å². The third-order valence-electron chi connectivity index (χ3n) is 2.98. The van der Waals surface area contributed by atoms with Gasteiger partial charge in [0.2, 0.25) is 0 Å². The number of nitrogen functional groups attached to an aromatic ring is 1. The van der Waals surface area contributed by atoms with Crippen molar-refractivity contribution in [2.45, 2.75) is 33.2 Å². The molecule has 0 radical (unpaired) electrons. The quantitative estimate of drug-likeness (QED) is 0.835. The standard InChI is InChI=1S/C14H20N4O/c1-4-13-16-14(5-2)18(17-13)9-10-6-11(15)8-12(7-10)19-3/h6-8H,4-5,9,15H2,1-3H3. The summed E-state index contributed by atoms with van der Waals surface area (Å²) in [6.45, 7) is 4.81. The van der Waals surface area contributed by atoms with Gasteiger partial charge >= 0.3 is 0 Å². The minimum atomic E-state index is 0.664. The number of anilines is 1. The summed E-state index contributed by atoms with van der Waals surface area (Å²) in [7, 11) is 1.64. The molecule has 0 fully saturated rings. The van der Waals surface area contributed by atoms with Gasteiger partial charge in [0.05, 0.1) is 13.7 Å². The highest BCUT2D eigenvalue weighted by molar-refractivity contribution is 5.47. The number of hydrogen-bond donors (Lipinski definition) is 1. The Labute approximate surface area is 113 Å². The van der Waals surface area contributed by atoms with Crippen LogP contribution in [0, 0.1) is 0 Å². The molecular formula is C14H20N4O. The molecule has 2 rings (SSSR count). The largest absolute Gasteiger partial charge is 0.497 e. The second kappa shape index (κ2) is 5.73. The molecule has 0 atom stereocenters. The molecule has 1 heterocycles. The molecule has 0 spiro atoms. The second-order valence-corrected chi connectivity index (χ2v) is 4.42. The lowest BCUT2D eigenvalue weighted by molar-refractivity contribution is 0.414. The zero-order valence-electron chi connectivity index (χ0n) is 11.7. The molecule has 1 aromatic carbocycles. The molecule has 0 aliphatic heterocycles. The Hall–Kier alpha value is -2.04. The summed E-state index contributed by atoms with van der Waals surface area (Å²) in [6, 6.07) is 5.72. The number of aromatic nitrogens is 3. The van der Waals surface area contributed by atoms with E-state index in [4.69, 9.17) is 10.5 Å². The summed E-state index contributed by atoms with van der Waals surface area (Å²) in [5.74, 6) is 2.65. The Morgan fingerprint density at radius 3 is 2.63 bits per heavy atom. The molecule has 5 heteroatoms. The van der Waals surface area contributed by atoms with Crippen LogP contribution in [-0.4, -0.2) is 21.9 Å². The Balaban J connectivity index is 2.29. The maximum atomic E-state index is 5.87. The maximum Gasteiger partial charge on any atom is 0.150 e. The van der Waals surface area contributed by atoms with Crippen molar-refractivity contribution in [3.63, 3.8) is 0 Å². The van der Waals surface area contributed by atoms with Crippen LogP contribution in [0.1, 0.15) is 31.1 Å². The number of hydrogen-bond acceptors (Lipinski definition) is 4. The number of nitrogens with two attached hydrogens (primary N) is 1. The first-order valence-corrected chi connectivity index (χ1v) is 6.52. The molecule has 102 valence electrons. The summed E-state index contributed by atoms with van der Waals surface area (Å²) in [4.78, 5) is 4.50. The number of methoxy groups -OCH3 is 1. The smallest absolute Gasteiger partial charge is 0.150 e. The van der Waals surface area contributed by atoms with Crippen LogP contribution < -0.4 is 10.5 Å². The fourth-order valence-electron chi connectivity index (χ4n) is 2.03. The predicted octanol–water partition coefficient (Wildman–Crippen LogP) is 2.04. The third kappa shape index (κ3) is 3.05. The Kier molecular flexibility index (Phi) is 4.04. The van der Waals surface area contributed by atoms with Crippen LogP contribution in [0.4, 0.5) is 5.69 Å². The number of rotatable bonds is 5. The van der Waals surface area contributed by atoms with Crippen molar-refractivity contribution in [1.29, 1.82) is 0 Å². The van der Waals surface area contributed by atoms with Gasteiger partial charge in [0.15, 0.2) is 5.82 Å². The number of nitrogens with zero attached hydrogens (tertiary/aromatic N) is 3. The van der Waals surface area contributed by atoms with Crippen molar-refractivity contribution >= 4 is 5.69 Å². The average Bonchev–Trinajstić information content (AvgIpc) is 2.80. The van der Waals surface area contributed by atoms with Gasteiger partial charge in [0, 0.05) is 24.6 Å². The van der Waals surface area contributed by atoms with E-state index in [0.29, 0.717) is 12.2 Å². The minimum absolute atomic E-state index is 0.664. The van der Waals surface area contributed by atoms with E-state index in [0.717, 1.165) is 35.8 Å². The van der Waals surface area contributed by atoms with Gasteiger partial charge in [-0.25, -0.2) is 9.67 Å². The summed E-state index contributed by atoms with van der Waals surface area (Å²) >= 11 is 0. The van der Waals surface area contributed by atoms with E-state index < -0.39 is 0 Å². The fraction of sp³-hybridized carbons (Fsp3) is 0.429. The first kappa shape index (κ1) is 13.4. The van der Waals surface area contributed by atoms with E-state index >= 15 is 0 Å². The lowest BCUT2D eigenvalue weighted by Crippen LogP contribution is -2.07. The molecule has 0 aliphatic carbocycles. The highest BCUT2D eigenvalue weighted by Crippen LogP contribution is 2.19. The van der Waals surface area contributed by atoms with Gasteiger partial charge in [-0.2, -0.15) is 5.10 Å². The monoisotopic (exact) mass is 260 g/mol. The van der Waals surface area contributed by atoms with Crippen LogP contribution in [-0.2, 0) is 19.4 Å². The molecule has 0 bridgehead atoms. The maximum absolute atomic E-state index is 5.87. The summed E-state index contributed by atoms with van der Waals surface area (Å²) < 4.78 is 7.17. The van der Waals surface area contributed by atoms with Gasteiger partial charge < -0.3 is 10.5 Å². The molecule has 0 amide bonds. The topological polar surface area (TPSA) is 66.0 Å². The van der Waals surface area contributed by atoms with Crippen molar-refractivity contribution < 1.29 is 4.74 Å². The summed E-state index contributed by atoms with van der Waals surface area (Å²) in [5, 5.41) is 4.50. The van der Waals surface area contributed by atoms with Gasteiger partial charge in [0.1, 0.15) is 11.6 Å². The predicted molar refractivity (Wildman–Crippen MR) is 75.3 cm³/mol. The van der Waals surface area contributed by atoms with E-state index in [-0.39, 0.29) is 0 Å². The van der Waals surface area contributed by atoms with Gasteiger partial charge in [-0.1, -0.05) is 13.8 Å². The molecule has 0 saturated heterocycles. The molecule has 2 N–H and O–H groups in total. The van der Waals surface area contributed by atoms with Gasteiger partial charge in [-0.05, 0) is 17.7 Å². The Bertz CT molecular complexity index is 563. The van der Waals surface area contributed by atoms with E-state index in [2.05, 4.69) is 23.9 Å². The van der Waals surface area contributed by atoms with Gasteiger partial charge in [-0.3, -0.25) is 0 Å². The van der Waals surface area contributed by atoms with Crippen LogP contribution in [0.15, 0.2) is 18.2 Å². The number of ether oxygens (including phenoxy) is 1. The Morgan fingerprint density at radius 1 is 1.21 bits per heavy atom. The first-order chi connectivity index (χ1) is 9.16. The van der Waals surface area contributed by atoms with E-state index in [1.54, 1.807) is 7.11 Å². The molecule has 5 nitrogen and oxygen atoms in total. The van der Waals surface area contributed by atoms with Crippen molar-refractivity contribution in [3.8, 4) is 5.75 Å². The fourth-order valence-corrected chi connectivity index (χ4v) is 2.03. The van der Waals surface area contributed by atoms with Crippen LogP contribution in [0.25, 0.3) is 0 Å². The first-order valence-electron chi connectivity index (χ1n) is 6.52.